The predicted molar refractivity (Wildman–Crippen MR) is 102 cm³/mol. The van der Waals surface area contributed by atoms with Crippen molar-refractivity contribution in [2.75, 3.05) is 19.6 Å². The van der Waals surface area contributed by atoms with Crippen LogP contribution in [0.3, 0.4) is 0 Å². The Hall–Kier alpha value is -1.40. The van der Waals surface area contributed by atoms with Crippen molar-refractivity contribution in [3.63, 3.8) is 0 Å². The number of aliphatic hydroxyl groups is 2. The summed E-state index contributed by atoms with van der Waals surface area (Å²) in [5, 5.41) is 20.4. The molecule has 2 N–H and O–H groups in total. The molecule has 134 valence electrons. The molecule has 1 aliphatic rings. The van der Waals surface area contributed by atoms with Gasteiger partial charge in [0.05, 0.1) is 12.2 Å². The number of likely N-dealkylation sites (tertiary alicyclic amines) is 1. The lowest BCUT2D eigenvalue weighted by Crippen LogP contribution is -2.38. The van der Waals surface area contributed by atoms with Crippen molar-refractivity contribution in [3.8, 4) is 5.75 Å². The molecule has 2 aromatic carbocycles. The third kappa shape index (κ3) is 5.28. The first-order chi connectivity index (χ1) is 12.1. The molecule has 0 aliphatic carbocycles. The van der Waals surface area contributed by atoms with Crippen molar-refractivity contribution in [2.24, 2.45) is 0 Å². The number of piperidine rings is 1. The van der Waals surface area contributed by atoms with E-state index in [4.69, 9.17) is 4.74 Å². The van der Waals surface area contributed by atoms with Crippen LogP contribution in [0.5, 0.6) is 5.75 Å². The van der Waals surface area contributed by atoms with Gasteiger partial charge < -0.3 is 19.8 Å². The lowest BCUT2D eigenvalue weighted by Gasteiger charge is -2.31. The van der Waals surface area contributed by atoms with Gasteiger partial charge in [0.2, 0.25) is 0 Å². The van der Waals surface area contributed by atoms with Crippen molar-refractivity contribution in [2.45, 2.75) is 31.7 Å². The average Bonchev–Trinajstić information content (AvgIpc) is 2.63. The zero-order valence-electron chi connectivity index (χ0n) is 14.1. The van der Waals surface area contributed by atoms with Crippen LogP contribution in [0.15, 0.2) is 53.0 Å². The van der Waals surface area contributed by atoms with Gasteiger partial charge >= 0.3 is 0 Å². The van der Waals surface area contributed by atoms with E-state index in [1.807, 2.05) is 48.5 Å². The fourth-order valence-corrected chi connectivity index (χ4v) is 3.47. The lowest BCUT2D eigenvalue weighted by molar-refractivity contribution is 0.0498. The molecule has 2 aromatic rings. The van der Waals surface area contributed by atoms with Crippen molar-refractivity contribution >= 4 is 15.9 Å². The molecule has 0 aromatic heterocycles. The molecule has 1 unspecified atom stereocenters. The standard InChI is InChI=1S/C20H24BrNO3/c21-16-6-7-20(25-14-15-4-2-1-3-5-15)18(12-16)19(24)13-22-10-8-17(23)9-11-22/h1-7,12,17,19,23-24H,8-11,13-14H2. The van der Waals surface area contributed by atoms with Gasteiger partial charge in [0.1, 0.15) is 12.4 Å². The van der Waals surface area contributed by atoms with E-state index in [-0.39, 0.29) is 6.10 Å². The van der Waals surface area contributed by atoms with E-state index >= 15 is 0 Å². The summed E-state index contributed by atoms with van der Waals surface area (Å²) in [6.45, 7) is 2.64. The minimum Gasteiger partial charge on any atom is -0.489 e. The molecule has 0 spiro atoms. The number of ether oxygens (including phenoxy) is 1. The predicted octanol–water partition coefficient (Wildman–Crippen LogP) is 3.52. The number of halogens is 1. The maximum Gasteiger partial charge on any atom is 0.125 e. The van der Waals surface area contributed by atoms with Crippen LogP contribution in [0.1, 0.15) is 30.1 Å². The molecule has 0 radical (unpaired) electrons. The van der Waals surface area contributed by atoms with E-state index < -0.39 is 6.10 Å². The van der Waals surface area contributed by atoms with E-state index in [1.54, 1.807) is 0 Å². The van der Waals surface area contributed by atoms with Crippen molar-refractivity contribution in [3.05, 3.63) is 64.1 Å². The molecule has 4 nitrogen and oxygen atoms in total. The van der Waals surface area contributed by atoms with Crippen LogP contribution in [0.2, 0.25) is 0 Å². The topological polar surface area (TPSA) is 52.9 Å². The normalized spacial score (nSPS) is 17.4. The summed E-state index contributed by atoms with van der Waals surface area (Å²) in [5.74, 6) is 0.705. The second-order valence-corrected chi connectivity index (χ2v) is 7.42. The highest BCUT2D eigenvalue weighted by molar-refractivity contribution is 9.10. The Morgan fingerprint density at radius 3 is 2.56 bits per heavy atom. The van der Waals surface area contributed by atoms with Crippen LogP contribution >= 0.6 is 15.9 Å². The quantitative estimate of drug-likeness (QED) is 0.771. The number of benzene rings is 2. The van der Waals surface area contributed by atoms with E-state index in [1.165, 1.54) is 0 Å². The first-order valence-corrected chi connectivity index (χ1v) is 9.46. The van der Waals surface area contributed by atoms with E-state index in [2.05, 4.69) is 20.8 Å². The van der Waals surface area contributed by atoms with Gasteiger partial charge in [-0.2, -0.15) is 0 Å². The van der Waals surface area contributed by atoms with Gasteiger partial charge in [-0.25, -0.2) is 0 Å². The largest absolute Gasteiger partial charge is 0.489 e. The van der Waals surface area contributed by atoms with Crippen molar-refractivity contribution in [1.29, 1.82) is 0 Å². The molecule has 1 saturated heterocycles. The van der Waals surface area contributed by atoms with Crippen LogP contribution in [-0.4, -0.2) is 40.9 Å². The number of aliphatic hydroxyl groups excluding tert-OH is 2. The number of nitrogens with zero attached hydrogens (tertiary/aromatic N) is 1. The summed E-state index contributed by atoms with van der Waals surface area (Å²) in [7, 11) is 0. The maximum absolute atomic E-state index is 10.7. The first-order valence-electron chi connectivity index (χ1n) is 8.66. The SMILES string of the molecule is OC1CCN(CC(O)c2cc(Br)ccc2OCc2ccccc2)CC1. The molecule has 0 saturated carbocycles. The van der Waals surface area contributed by atoms with E-state index in [0.717, 1.165) is 41.5 Å². The minimum atomic E-state index is -0.626. The fourth-order valence-electron chi connectivity index (χ4n) is 3.09. The monoisotopic (exact) mass is 405 g/mol. The second-order valence-electron chi connectivity index (χ2n) is 6.50. The Morgan fingerprint density at radius 1 is 1.12 bits per heavy atom. The molecule has 5 heteroatoms. The maximum atomic E-state index is 10.7. The first kappa shape index (κ1) is 18.4. The molecular weight excluding hydrogens is 382 g/mol. The van der Waals surface area contributed by atoms with Crippen LogP contribution in [0.4, 0.5) is 0 Å². The smallest absolute Gasteiger partial charge is 0.125 e. The van der Waals surface area contributed by atoms with Gasteiger partial charge in [-0.15, -0.1) is 0 Å². The number of β-amino-alcohol motifs (C(OH)–C–C–N with tert-alkyl or cyclic N) is 1. The molecule has 3 rings (SSSR count). The van der Waals surface area contributed by atoms with Gasteiger partial charge in [0, 0.05) is 29.7 Å². The van der Waals surface area contributed by atoms with Gasteiger partial charge in [-0.05, 0) is 36.6 Å². The third-order valence-electron chi connectivity index (χ3n) is 4.56. The number of hydrogen-bond donors (Lipinski definition) is 2. The molecule has 1 atom stereocenters. The number of hydrogen-bond acceptors (Lipinski definition) is 4. The average molecular weight is 406 g/mol. The third-order valence-corrected chi connectivity index (χ3v) is 5.05. The summed E-state index contributed by atoms with van der Waals surface area (Å²) in [6, 6.07) is 15.7. The highest BCUT2D eigenvalue weighted by Gasteiger charge is 2.22. The van der Waals surface area contributed by atoms with Crippen LogP contribution in [0.25, 0.3) is 0 Å². The summed E-state index contributed by atoms with van der Waals surface area (Å²) >= 11 is 3.48. The van der Waals surface area contributed by atoms with Gasteiger partial charge in [-0.1, -0.05) is 46.3 Å². The molecule has 0 amide bonds. The Bertz CT molecular complexity index is 672. The van der Waals surface area contributed by atoms with Crippen LogP contribution in [0, 0.1) is 0 Å². The molecular formula is C20H24BrNO3. The summed E-state index contributed by atoms with van der Waals surface area (Å²) in [4.78, 5) is 2.19. The molecule has 0 bridgehead atoms. The minimum absolute atomic E-state index is 0.205. The fraction of sp³-hybridized carbons (Fsp3) is 0.400. The summed E-state index contributed by atoms with van der Waals surface area (Å²) in [6.07, 6.45) is 0.702. The Kier molecular flexibility index (Phi) is 6.48. The van der Waals surface area contributed by atoms with Gasteiger partial charge in [0.15, 0.2) is 0 Å². The van der Waals surface area contributed by atoms with E-state index in [0.29, 0.717) is 18.9 Å². The zero-order chi connectivity index (χ0) is 17.6. The zero-order valence-corrected chi connectivity index (χ0v) is 15.7. The Balaban J connectivity index is 1.67. The number of rotatable bonds is 6. The van der Waals surface area contributed by atoms with Crippen molar-refractivity contribution < 1.29 is 14.9 Å². The highest BCUT2D eigenvalue weighted by Crippen LogP contribution is 2.30. The highest BCUT2D eigenvalue weighted by atomic mass is 79.9. The Morgan fingerprint density at radius 2 is 1.84 bits per heavy atom. The van der Waals surface area contributed by atoms with Crippen LogP contribution < -0.4 is 4.74 Å². The summed E-state index contributed by atoms with van der Waals surface area (Å²) < 4.78 is 6.89. The summed E-state index contributed by atoms with van der Waals surface area (Å²) in [5.41, 5.74) is 1.88. The van der Waals surface area contributed by atoms with E-state index in [9.17, 15) is 10.2 Å². The van der Waals surface area contributed by atoms with Gasteiger partial charge in [0.25, 0.3) is 0 Å². The van der Waals surface area contributed by atoms with Gasteiger partial charge in [-0.3, -0.25) is 0 Å². The molecule has 1 fully saturated rings. The van der Waals surface area contributed by atoms with Crippen LogP contribution in [-0.2, 0) is 6.61 Å². The lowest BCUT2D eigenvalue weighted by atomic mass is 10.0. The van der Waals surface area contributed by atoms with Crippen molar-refractivity contribution in [1.82, 2.24) is 4.90 Å². The Labute approximate surface area is 157 Å². The molecule has 1 aliphatic heterocycles. The second kappa shape index (κ2) is 8.81. The molecule has 1 heterocycles. The molecule has 25 heavy (non-hydrogen) atoms.